The van der Waals surface area contributed by atoms with E-state index in [4.69, 9.17) is 5.14 Å². The number of benzene rings is 1. The predicted octanol–water partition coefficient (Wildman–Crippen LogP) is 1.39. The van der Waals surface area contributed by atoms with Gasteiger partial charge in [0.05, 0.1) is 4.90 Å². The van der Waals surface area contributed by atoms with Crippen LogP contribution in [0, 0.1) is 17.8 Å². The molecule has 27 heavy (non-hydrogen) atoms. The standard InChI is InChI=1S/C18H18N2O5S2/c1-13(2)7-9-15-10-8-14(11-20-15)16(21)12-26(22,23)17-5-3-4-6-18(17)27(19,24)25/h3-6,8,10-11,13H,12H2,1-2H3,(H2,19,24,25). The molecule has 0 amide bonds. The van der Waals surface area contributed by atoms with E-state index in [1.165, 1.54) is 30.5 Å². The van der Waals surface area contributed by atoms with Crippen molar-refractivity contribution in [3.05, 3.63) is 53.9 Å². The van der Waals surface area contributed by atoms with Gasteiger partial charge in [0.2, 0.25) is 10.0 Å². The second-order valence-electron chi connectivity index (χ2n) is 6.03. The summed E-state index contributed by atoms with van der Waals surface area (Å²) in [4.78, 5) is 15.3. The highest BCUT2D eigenvalue weighted by atomic mass is 32.2. The van der Waals surface area contributed by atoms with Gasteiger partial charge in [0, 0.05) is 17.7 Å². The van der Waals surface area contributed by atoms with Crippen molar-refractivity contribution < 1.29 is 21.6 Å². The first-order chi connectivity index (χ1) is 12.5. The predicted molar refractivity (Wildman–Crippen MR) is 100 cm³/mol. The zero-order chi connectivity index (χ0) is 20.2. The number of pyridine rings is 1. The van der Waals surface area contributed by atoms with Crippen molar-refractivity contribution in [2.45, 2.75) is 23.6 Å². The molecule has 1 heterocycles. The number of sulfone groups is 1. The van der Waals surface area contributed by atoms with Crippen LogP contribution in [0.15, 0.2) is 52.4 Å². The number of hydrogen-bond acceptors (Lipinski definition) is 6. The first kappa shape index (κ1) is 20.8. The van der Waals surface area contributed by atoms with E-state index in [2.05, 4.69) is 16.8 Å². The Morgan fingerprint density at radius 2 is 1.70 bits per heavy atom. The van der Waals surface area contributed by atoms with E-state index < -0.39 is 41.2 Å². The molecular weight excluding hydrogens is 388 g/mol. The highest BCUT2D eigenvalue weighted by Crippen LogP contribution is 2.21. The maximum absolute atomic E-state index is 12.5. The molecule has 7 nitrogen and oxygen atoms in total. The van der Waals surface area contributed by atoms with Gasteiger partial charge in [-0.25, -0.2) is 27.0 Å². The van der Waals surface area contributed by atoms with Gasteiger partial charge in [0.15, 0.2) is 15.6 Å². The van der Waals surface area contributed by atoms with Crippen LogP contribution in [-0.4, -0.2) is 33.4 Å². The summed E-state index contributed by atoms with van der Waals surface area (Å²) in [7, 11) is -8.47. The Kier molecular flexibility index (Phi) is 6.15. The average Bonchev–Trinajstić information content (AvgIpc) is 2.59. The number of Topliss-reactive ketones (excluding diaryl/α,β-unsaturated/α-hetero) is 1. The molecule has 1 aromatic carbocycles. The highest BCUT2D eigenvalue weighted by Gasteiger charge is 2.27. The third-order valence-corrected chi connectivity index (χ3v) is 6.15. The van der Waals surface area contributed by atoms with E-state index in [9.17, 15) is 21.6 Å². The van der Waals surface area contributed by atoms with Crippen molar-refractivity contribution in [3.8, 4) is 11.8 Å². The second-order valence-corrected chi connectivity index (χ2v) is 9.52. The number of sulfonamides is 1. The fourth-order valence-corrected chi connectivity index (χ4v) is 4.80. The summed E-state index contributed by atoms with van der Waals surface area (Å²) in [6, 6.07) is 7.84. The number of nitrogens with zero attached hydrogens (tertiary/aromatic N) is 1. The van der Waals surface area contributed by atoms with Crippen LogP contribution in [-0.2, 0) is 19.9 Å². The summed E-state index contributed by atoms with van der Waals surface area (Å²) in [5.41, 5.74) is 0.546. The van der Waals surface area contributed by atoms with Gasteiger partial charge >= 0.3 is 0 Å². The van der Waals surface area contributed by atoms with Crippen LogP contribution >= 0.6 is 0 Å². The molecule has 2 N–H and O–H groups in total. The summed E-state index contributed by atoms with van der Waals surface area (Å²) in [6.07, 6.45) is 1.24. The van der Waals surface area contributed by atoms with Crippen LogP contribution in [0.4, 0.5) is 0 Å². The number of primary sulfonamides is 1. The SMILES string of the molecule is CC(C)C#Cc1ccc(C(=O)CS(=O)(=O)c2ccccc2S(N)(=O)=O)cn1. The van der Waals surface area contributed by atoms with Crippen molar-refractivity contribution in [2.24, 2.45) is 11.1 Å². The van der Waals surface area contributed by atoms with E-state index >= 15 is 0 Å². The van der Waals surface area contributed by atoms with E-state index in [1.54, 1.807) is 0 Å². The van der Waals surface area contributed by atoms with Gasteiger partial charge in [-0.15, -0.1) is 0 Å². The molecule has 0 aliphatic carbocycles. The van der Waals surface area contributed by atoms with Gasteiger partial charge in [-0.05, 0) is 30.2 Å². The summed E-state index contributed by atoms with van der Waals surface area (Å²) in [5.74, 6) is 4.31. The molecule has 0 aliphatic rings. The number of nitrogens with two attached hydrogens (primary N) is 1. The summed E-state index contributed by atoms with van der Waals surface area (Å²) in [6.45, 7) is 3.85. The number of carbonyl (C=O) groups is 1. The minimum atomic E-state index is -4.25. The number of rotatable bonds is 5. The van der Waals surface area contributed by atoms with Crippen molar-refractivity contribution >= 4 is 25.6 Å². The molecule has 0 aliphatic heterocycles. The highest BCUT2D eigenvalue weighted by molar-refractivity contribution is 7.94. The van der Waals surface area contributed by atoms with Crippen molar-refractivity contribution in [2.75, 3.05) is 5.75 Å². The number of hydrogen-bond donors (Lipinski definition) is 1. The molecule has 0 atom stereocenters. The monoisotopic (exact) mass is 406 g/mol. The lowest BCUT2D eigenvalue weighted by Gasteiger charge is -2.08. The molecule has 142 valence electrons. The molecule has 0 saturated heterocycles. The topological polar surface area (TPSA) is 124 Å². The van der Waals surface area contributed by atoms with E-state index in [-0.39, 0.29) is 11.5 Å². The first-order valence-corrected chi connectivity index (χ1v) is 11.1. The third kappa shape index (κ3) is 5.47. The molecule has 0 fully saturated rings. The molecule has 0 saturated carbocycles. The molecular formula is C18H18N2O5S2. The molecule has 0 radical (unpaired) electrons. The number of carbonyl (C=O) groups excluding carboxylic acids is 1. The lowest BCUT2D eigenvalue weighted by atomic mass is 10.2. The fourth-order valence-electron chi connectivity index (χ4n) is 2.13. The minimum absolute atomic E-state index is 0.0850. The Morgan fingerprint density at radius 1 is 1.07 bits per heavy atom. The zero-order valence-electron chi connectivity index (χ0n) is 14.7. The van der Waals surface area contributed by atoms with E-state index in [1.807, 2.05) is 13.8 Å². The number of ketones is 1. The van der Waals surface area contributed by atoms with Crippen LogP contribution < -0.4 is 5.14 Å². The maximum Gasteiger partial charge on any atom is 0.239 e. The normalized spacial score (nSPS) is 11.7. The minimum Gasteiger partial charge on any atom is -0.293 e. The van der Waals surface area contributed by atoms with Gasteiger partial charge in [-0.1, -0.05) is 31.9 Å². The summed E-state index contributed by atoms with van der Waals surface area (Å²) >= 11 is 0. The van der Waals surface area contributed by atoms with Gasteiger partial charge in [-0.3, -0.25) is 4.79 Å². The largest absolute Gasteiger partial charge is 0.293 e. The quantitative estimate of drug-likeness (QED) is 0.591. The molecule has 2 aromatic rings. The van der Waals surface area contributed by atoms with Gasteiger partial charge in [0.25, 0.3) is 0 Å². The zero-order valence-corrected chi connectivity index (χ0v) is 16.3. The van der Waals surface area contributed by atoms with Gasteiger partial charge < -0.3 is 0 Å². The van der Waals surface area contributed by atoms with E-state index in [0.29, 0.717) is 5.69 Å². The second kappa shape index (κ2) is 8.00. The van der Waals surface area contributed by atoms with Gasteiger partial charge in [-0.2, -0.15) is 0 Å². The van der Waals surface area contributed by atoms with Crippen LogP contribution in [0.25, 0.3) is 0 Å². The molecule has 1 aromatic heterocycles. The van der Waals surface area contributed by atoms with Crippen molar-refractivity contribution in [1.82, 2.24) is 4.98 Å². The summed E-state index contributed by atoms with van der Waals surface area (Å²) < 4.78 is 48.3. The fraction of sp³-hybridized carbons (Fsp3) is 0.222. The van der Waals surface area contributed by atoms with E-state index in [0.717, 1.165) is 12.1 Å². The molecule has 0 spiro atoms. The van der Waals surface area contributed by atoms with Crippen LogP contribution in [0.2, 0.25) is 0 Å². The molecule has 0 bridgehead atoms. The van der Waals surface area contributed by atoms with Crippen molar-refractivity contribution in [3.63, 3.8) is 0 Å². The Bertz CT molecular complexity index is 1120. The number of aromatic nitrogens is 1. The first-order valence-electron chi connectivity index (χ1n) is 7.86. The van der Waals surface area contributed by atoms with Crippen LogP contribution in [0.3, 0.4) is 0 Å². The van der Waals surface area contributed by atoms with Crippen LogP contribution in [0.5, 0.6) is 0 Å². The Morgan fingerprint density at radius 3 is 2.22 bits per heavy atom. The lowest BCUT2D eigenvalue weighted by Crippen LogP contribution is -2.21. The third-order valence-electron chi connectivity index (χ3n) is 3.39. The Balaban J connectivity index is 2.29. The van der Waals surface area contributed by atoms with Gasteiger partial charge in [0.1, 0.15) is 16.3 Å². The van der Waals surface area contributed by atoms with Crippen LogP contribution in [0.1, 0.15) is 29.9 Å². The molecule has 9 heteroatoms. The Labute approximate surface area is 158 Å². The van der Waals surface area contributed by atoms with Crippen molar-refractivity contribution in [1.29, 1.82) is 0 Å². The maximum atomic E-state index is 12.5. The Hall–Kier alpha value is -2.54. The lowest BCUT2D eigenvalue weighted by molar-refractivity contribution is 0.102. The average molecular weight is 406 g/mol. The smallest absolute Gasteiger partial charge is 0.239 e. The molecule has 2 rings (SSSR count). The summed E-state index contributed by atoms with van der Waals surface area (Å²) in [5, 5.41) is 5.06. The molecule has 0 unspecified atom stereocenters.